The molecule has 100 valence electrons. The van der Waals surface area contributed by atoms with Gasteiger partial charge >= 0.3 is 0 Å². The molecule has 0 saturated carbocycles. The van der Waals surface area contributed by atoms with E-state index in [9.17, 15) is 0 Å². The Bertz CT molecular complexity index is 396. The van der Waals surface area contributed by atoms with Gasteiger partial charge in [-0.15, -0.1) is 0 Å². The number of benzene rings is 1. The maximum atomic E-state index is 5.29. The molecule has 0 unspecified atom stereocenters. The molecule has 0 spiro atoms. The molecule has 0 bridgehead atoms. The molecule has 1 aromatic rings. The molecular formula is C13H18BrNO3. The molecule has 4 nitrogen and oxygen atoms in total. The summed E-state index contributed by atoms with van der Waals surface area (Å²) in [6.07, 6.45) is 0. The van der Waals surface area contributed by atoms with E-state index >= 15 is 0 Å². The summed E-state index contributed by atoms with van der Waals surface area (Å²) in [6.45, 7) is 5.17. The average molecular weight is 316 g/mol. The number of ether oxygens (including phenoxy) is 3. The minimum atomic E-state index is 0.605. The van der Waals surface area contributed by atoms with E-state index in [1.807, 2.05) is 12.1 Å². The van der Waals surface area contributed by atoms with Gasteiger partial charge in [-0.2, -0.15) is 0 Å². The Labute approximate surface area is 116 Å². The van der Waals surface area contributed by atoms with Crippen LogP contribution in [0, 0.1) is 0 Å². The number of halogens is 1. The molecule has 0 aromatic heterocycles. The molecule has 0 aliphatic heterocycles. The highest BCUT2D eigenvalue weighted by atomic mass is 79.9. The molecule has 0 amide bonds. The van der Waals surface area contributed by atoms with Crippen molar-refractivity contribution in [1.82, 2.24) is 5.32 Å². The highest BCUT2D eigenvalue weighted by Crippen LogP contribution is 2.38. The lowest BCUT2D eigenvalue weighted by molar-refractivity contribution is 0.323. The standard InChI is InChI=1S/C13H18BrNO3/c1-9(14)7-15-8-10-5-11(16-2)13(18-4)12(6-10)17-3/h5-6,15H,1,7-8H2,2-4H3. The van der Waals surface area contributed by atoms with E-state index in [-0.39, 0.29) is 0 Å². The van der Waals surface area contributed by atoms with Crippen molar-refractivity contribution < 1.29 is 14.2 Å². The molecule has 0 fully saturated rings. The third-order valence-corrected chi connectivity index (χ3v) is 2.65. The van der Waals surface area contributed by atoms with Gasteiger partial charge in [0, 0.05) is 17.6 Å². The fourth-order valence-electron chi connectivity index (χ4n) is 1.58. The number of hydrogen-bond acceptors (Lipinski definition) is 4. The minimum absolute atomic E-state index is 0.605. The molecular weight excluding hydrogens is 298 g/mol. The van der Waals surface area contributed by atoms with E-state index in [4.69, 9.17) is 14.2 Å². The number of nitrogens with one attached hydrogen (secondary N) is 1. The first-order valence-electron chi connectivity index (χ1n) is 5.45. The molecule has 18 heavy (non-hydrogen) atoms. The molecule has 0 aliphatic rings. The third-order valence-electron chi connectivity index (χ3n) is 2.37. The fourth-order valence-corrected chi connectivity index (χ4v) is 1.78. The predicted octanol–water partition coefficient (Wildman–Crippen LogP) is 2.71. The Morgan fingerprint density at radius 1 is 1.17 bits per heavy atom. The zero-order valence-corrected chi connectivity index (χ0v) is 12.5. The third kappa shape index (κ3) is 3.92. The lowest BCUT2D eigenvalue weighted by atomic mass is 10.2. The van der Waals surface area contributed by atoms with Gasteiger partial charge in [-0.3, -0.25) is 0 Å². The van der Waals surface area contributed by atoms with Crippen LogP contribution in [0.3, 0.4) is 0 Å². The molecule has 1 rings (SSSR count). The van der Waals surface area contributed by atoms with E-state index in [1.54, 1.807) is 21.3 Å². The van der Waals surface area contributed by atoms with E-state index in [2.05, 4.69) is 27.8 Å². The highest BCUT2D eigenvalue weighted by molar-refractivity contribution is 9.11. The first kappa shape index (κ1) is 14.9. The van der Waals surface area contributed by atoms with Crippen molar-refractivity contribution in [2.75, 3.05) is 27.9 Å². The molecule has 1 N–H and O–H groups in total. The van der Waals surface area contributed by atoms with Crippen molar-refractivity contribution in [2.45, 2.75) is 6.54 Å². The summed E-state index contributed by atoms with van der Waals surface area (Å²) in [5, 5.41) is 3.24. The van der Waals surface area contributed by atoms with E-state index in [0.29, 0.717) is 30.3 Å². The maximum Gasteiger partial charge on any atom is 0.203 e. The molecule has 0 radical (unpaired) electrons. The highest BCUT2D eigenvalue weighted by Gasteiger charge is 2.12. The summed E-state index contributed by atoms with van der Waals surface area (Å²) < 4.78 is 16.8. The van der Waals surface area contributed by atoms with Crippen molar-refractivity contribution in [1.29, 1.82) is 0 Å². The summed E-state index contributed by atoms with van der Waals surface area (Å²) in [4.78, 5) is 0. The van der Waals surface area contributed by atoms with Gasteiger partial charge in [0.25, 0.3) is 0 Å². The topological polar surface area (TPSA) is 39.7 Å². The molecule has 0 saturated heterocycles. The molecule has 1 aromatic carbocycles. The second-order valence-corrected chi connectivity index (χ2v) is 4.78. The fraction of sp³-hybridized carbons (Fsp3) is 0.385. The quantitative estimate of drug-likeness (QED) is 0.840. The van der Waals surface area contributed by atoms with Crippen LogP contribution in [0.1, 0.15) is 5.56 Å². The summed E-state index contributed by atoms with van der Waals surface area (Å²) >= 11 is 3.30. The van der Waals surface area contributed by atoms with Crippen LogP contribution in [0.15, 0.2) is 23.2 Å². The van der Waals surface area contributed by atoms with Gasteiger partial charge in [-0.05, 0) is 17.7 Å². The van der Waals surface area contributed by atoms with Gasteiger partial charge < -0.3 is 19.5 Å². The maximum absolute atomic E-state index is 5.29. The van der Waals surface area contributed by atoms with Gasteiger partial charge in [0.15, 0.2) is 11.5 Å². The number of methoxy groups -OCH3 is 3. The van der Waals surface area contributed by atoms with Crippen LogP contribution in [0.4, 0.5) is 0 Å². The molecule has 0 aliphatic carbocycles. The lowest BCUT2D eigenvalue weighted by Crippen LogP contribution is -2.14. The number of hydrogen-bond donors (Lipinski definition) is 1. The van der Waals surface area contributed by atoms with Crippen LogP contribution < -0.4 is 19.5 Å². The normalized spacial score (nSPS) is 10.0. The zero-order chi connectivity index (χ0) is 13.5. The monoisotopic (exact) mass is 315 g/mol. The Hall–Kier alpha value is -1.20. The smallest absolute Gasteiger partial charge is 0.203 e. The molecule has 5 heteroatoms. The van der Waals surface area contributed by atoms with Crippen LogP contribution in [0.25, 0.3) is 0 Å². The van der Waals surface area contributed by atoms with E-state index in [0.717, 1.165) is 10.0 Å². The Kier molecular flexibility index (Phi) is 6.01. The van der Waals surface area contributed by atoms with Crippen molar-refractivity contribution in [3.8, 4) is 17.2 Å². The van der Waals surface area contributed by atoms with Crippen LogP contribution in [0.5, 0.6) is 17.2 Å². The Morgan fingerprint density at radius 3 is 2.11 bits per heavy atom. The van der Waals surface area contributed by atoms with Crippen LogP contribution in [0.2, 0.25) is 0 Å². The lowest BCUT2D eigenvalue weighted by Gasteiger charge is -2.14. The largest absolute Gasteiger partial charge is 0.493 e. The summed E-state index contributed by atoms with van der Waals surface area (Å²) in [6, 6.07) is 3.84. The van der Waals surface area contributed by atoms with Crippen LogP contribution >= 0.6 is 15.9 Å². The zero-order valence-electron chi connectivity index (χ0n) is 10.9. The van der Waals surface area contributed by atoms with Crippen LogP contribution in [-0.2, 0) is 6.54 Å². The Balaban J connectivity index is 2.89. The SMILES string of the molecule is C=C(Br)CNCc1cc(OC)c(OC)c(OC)c1. The molecule has 0 heterocycles. The second-order valence-electron chi connectivity index (χ2n) is 3.65. The van der Waals surface area contributed by atoms with E-state index < -0.39 is 0 Å². The first-order valence-corrected chi connectivity index (χ1v) is 6.24. The summed E-state index contributed by atoms with van der Waals surface area (Å²) in [7, 11) is 4.80. The van der Waals surface area contributed by atoms with Crippen molar-refractivity contribution in [3.05, 3.63) is 28.8 Å². The van der Waals surface area contributed by atoms with Gasteiger partial charge in [0.1, 0.15) is 0 Å². The van der Waals surface area contributed by atoms with Crippen LogP contribution in [-0.4, -0.2) is 27.9 Å². The van der Waals surface area contributed by atoms with Gasteiger partial charge in [-0.1, -0.05) is 22.5 Å². The van der Waals surface area contributed by atoms with Gasteiger partial charge in [0.05, 0.1) is 21.3 Å². The average Bonchev–Trinajstić information content (AvgIpc) is 2.36. The predicted molar refractivity (Wildman–Crippen MR) is 75.9 cm³/mol. The second kappa shape index (κ2) is 7.28. The summed E-state index contributed by atoms with van der Waals surface area (Å²) in [5.41, 5.74) is 1.05. The molecule has 0 atom stereocenters. The Morgan fingerprint density at radius 2 is 1.72 bits per heavy atom. The van der Waals surface area contributed by atoms with Crippen molar-refractivity contribution in [3.63, 3.8) is 0 Å². The first-order chi connectivity index (χ1) is 8.62. The number of rotatable bonds is 7. The van der Waals surface area contributed by atoms with Crippen molar-refractivity contribution >= 4 is 15.9 Å². The van der Waals surface area contributed by atoms with Gasteiger partial charge in [0.2, 0.25) is 5.75 Å². The van der Waals surface area contributed by atoms with Crippen molar-refractivity contribution in [2.24, 2.45) is 0 Å². The van der Waals surface area contributed by atoms with Gasteiger partial charge in [-0.25, -0.2) is 0 Å². The minimum Gasteiger partial charge on any atom is -0.493 e. The van der Waals surface area contributed by atoms with E-state index in [1.165, 1.54) is 0 Å². The summed E-state index contributed by atoms with van der Waals surface area (Å²) in [5.74, 6) is 1.92.